The lowest BCUT2D eigenvalue weighted by molar-refractivity contribution is -0.00100. The van der Waals surface area contributed by atoms with Crippen molar-refractivity contribution in [3.63, 3.8) is 0 Å². The van der Waals surface area contributed by atoms with Crippen molar-refractivity contribution in [1.29, 1.82) is 0 Å². The van der Waals surface area contributed by atoms with Crippen molar-refractivity contribution in [2.75, 3.05) is 31.1 Å². The molecule has 0 bridgehead atoms. The third kappa shape index (κ3) is 4.07. The highest BCUT2D eigenvalue weighted by molar-refractivity contribution is 6.30. The third-order valence-electron chi connectivity index (χ3n) is 2.31. The van der Waals surface area contributed by atoms with E-state index in [1.807, 2.05) is 12.1 Å². The van der Waals surface area contributed by atoms with E-state index in [1.54, 1.807) is 0 Å². The maximum atomic E-state index is 5.82. The molecular weight excluding hydrogens is 254 g/mol. The van der Waals surface area contributed by atoms with Gasteiger partial charge in [0.05, 0.1) is 0 Å². The summed E-state index contributed by atoms with van der Waals surface area (Å²) < 4.78 is 0. The summed E-state index contributed by atoms with van der Waals surface area (Å²) in [5, 5.41) is 4.13. The lowest BCUT2D eigenvalue weighted by Gasteiger charge is -2.29. The van der Waals surface area contributed by atoms with Gasteiger partial charge in [0.1, 0.15) is 0 Å². The topological polar surface area (TPSA) is 15.3 Å². The van der Waals surface area contributed by atoms with Gasteiger partial charge in [-0.05, 0) is 24.3 Å². The van der Waals surface area contributed by atoms with Gasteiger partial charge in [0.15, 0.2) is 0 Å². The molecule has 86 valence electrons. The van der Waals surface area contributed by atoms with Gasteiger partial charge in [0, 0.05) is 36.9 Å². The van der Waals surface area contributed by atoms with Crippen molar-refractivity contribution >= 4 is 17.3 Å². The number of rotatable bonds is 1. The summed E-state index contributed by atoms with van der Waals surface area (Å²) in [4.78, 5) is 2.37. The first-order valence-electron chi connectivity index (χ1n) is 4.57. The maximum Gasteiger partial charge on any atom is 0.0407 e. The number of nitrogens with one attached hydrogen (secondary N) is 1. The molecule has 0 spiro atoms. The summed E-state index contributed by atoms with van der Waals surface area (Å²) in [6, 6.07) is 8.04. The minimum atomic E-state index is 0. The molecule has 0 amide bonds. The molecule has 0 unspecified atom stereocenters. The second kappa shape index (κ2) is 7.18. The lowest BCUT2D eigenvalue weighted by atomic mass is 10.2. The minimum Gasteiger partial charge on any atom is -1.00 e. The number of halogens is 3. The molecule has 2 rings (SSSR count). The van der Waals surface area contributed by atoms with E-state index in [2.05, 4.69) is 22.3 Å². The summed E-state index contributed by atoms with van der Waals surface area (Å²) in [5.74, 6) is 0. The number of hydrogen-bond acceptors (Lipinski definition) is 2. The molecule has 0 aliphatic carbocycles. The minimum absolute atomic E-state index is 0. The molecule has 1 N–H and O–H groups in total. The van der Waals surface area contributed by atoms with E-state index in [4.69, 9.17) is 11.6 Å². The molecule has 1 fully saturated rings. The Labute approximate surface area is 108 Å². The Morgan fingerprint density at radius 1 is 1.00 bits per heavy atom. The van der Waals surface area contributed by atoms with Crippen LogP contribution in [0.4, 0.5) is 5.69 Å². The van der Waals surface area contributed by atoms with Crippen LogP contribution in [0.2, 0.25) is 5.02 Å². The quantitative estimate of drug-likeness (QED) is 0.555. The SMILES string of the molecule is Clc1ccc(N2CCNCC2)cc1.[Cl-].[Cl-]. The maximum absolute atomic E-state index is 5.82. The fraction of sp³-hybridized carbons (Fsp3) is 0.400. The van der Waals surface area contributed by atoms with E-state index in [1.165, 1.54) is 5.69 Å². The number of anilines is 1. The molecule has 1 saturated heterocycles. The summed E-state index contributed by atoms with van der Waals surface area (Å²) >= 11 is 5.82. The van der Waals surface area contributed by atoms with Gasteiger partial charge in [-0.3, -0.25) is 0 Å². The second-order valence-corrected chi connectivity index (χ2v) is 3.65. The first kappa shape index (κ1) is 14.8. The number of benzene rings is 1. The predicted octanol–water partition coefficient (Wildman–Crippen LogP) is -4.24. The van der Waals surface area contributed by atoms with Gasteiger partial charge in [0.25, 0.3) is 0 Å². The molecule has 2 nitrogen and oxygen atoms in total. The first-order valence-corrected chi connectivity index (χ1v) is 4.95. The van der Waals surface area contributed by atoms with Gasteiger partial charge in [-0.25, -0.2) is 0 Å². The summed E-state index contributed by atoms with van der Waals surface area (Å²) in [7, 11) is 0. The van der Waals surface area contributed by atoms with Crippen LogP contribution in [0.1, 0.15) is 0 Å². The predicted molar refractivity (Wildman–Crippen MR) is 56.5 cm³/mol. The Morgan fingerprint density at radius 3 is 2.07 bits per heavy atom. The fourth-order valence-corrected chi connectivity index (χ4v) is 1.70. The molecule has 0 saturated carbocycles. The Hall–Kier alpha value is -0.150. The standard InChI is InChI=1S/C10H13ClN2.2ClH/c11-9-1-3-10(4-2-9)13-7-5-12-6-8-13;;/h1-4,12H,5-8H2;2*1H/p-2. The molecule has 1 aromatic carbocycles. The molecule has 0 radical (unpaired) electrons. The molecular formula is C10H13Cl3N2-2. The van der Waals surface area contributed by atoms with Crippen molar-refractivity contribution in [1.82, 2.24) is 5.32 Å². The van der Waals surface area contributed by atoms with E-state index in [0.717, 1.165) is 31.2 Å². The van der Waals surface area contributed by atoms with Gasteiger partial charge in [0.2, 0.25) is 0 Å². The van der Waals surface area contributed by atoms with Crippen LogP contribution in [-0.4, -0.2) is 26.2 Å². The first-order chi connectivity index (χ1) is 6.36. The zero-order valence-electron chi connectivity index (χ0n) is 8.22. The average molecular weight is 268 g/mol. The summed E-state index contributed by atoms with van der Waals surface area (Å²) in [6.45, 7) is 4.31. The van der Waals surface area contributed by atoms with Crippen LogP contribution in [0.15, 0.2) is 24.3 Å². The molecule has 0 aromatic heterocycles. The average Bonchev–Trinajstić information content (AvgIpc) is 2.20. The Morgan fingerprint density at radius 2 is 1.53 bits per heavy atom. The molecule has 1 heterocycles. The smallest absolute Gasteiger partial charge is 0.0407 e. The number of nitrogens with zero attached hydrogens (tertiary/aromatic N) is 1. The highest BCUT2D eigenvalue weighted by Crippen LogP contribution is 2.17. The van der Waals surface area contributed by atoms with Crippen molar-refractivity contribution < 1.29 is 24.8 Å². The Kier molecular flexibility index (Phi) is 7.11. The largest absolute Gasteiger partial charge is 1.00 e. The zero-order chi connectivity index (χ0) is 9.10. The third-order valence-corrected chi connectivity index (χ3v) is 2.56. The molecule has 15 heavy (non-hydrogen) atoms. The van der Waals surface area contributed by atoms with Crippen LogP contribution >= 0.6 is 11.6 Å². The molecule has 1 aromatic rings. The van der Waals surface area contributed by atoms with E-state index < -0.39 is 0 Å². The van der Waals surface area contributed by atoms with Crippen LogP contribution < -0.4 is 35.0 Å². The van der Waals surface area contributed by atoms with Gasteiger partial charge in [-0.2, -0.15) is 0 Å². The fourth-order valence-electron chi connectivity index (χ4n) is 1.57. The normalized spacial score (nSPS) is 15.1. The summed E-state index contributed by atoms with van der Waals surface area (Å²) in [5.41, 5.74) is 1.27. The van der Waals surface area contributed by atoms with Gasteiger partial charge >= 0.3 is 0 Å². The van der Waals surface area contributed by atoms with Gasteiger partial charge < -0.3 is 35.0 Å². The van der Waals surface area contributed by atoms with Gasteiger partial charge in [-0.15, -0.1) is 0 Å². The summed E-state index contributed by atoms with van der Waals surface area (Å²) in [6.07, 6.45) is 0. The Balaban J connectivity index is 0.000000980. The van der Waals surface area contributed by atoms with Gasteiger partial charge in [-0.1, -0.05) is 11.6 Å². The van der Waals surface area contributed by atoms with Crippen molar-refractivity contribution in [3.8, 4) is 0 Å². The van der Waals surface area contributed by atoms with Crippen LogP contribution in [-0.2, 0) is 0 Å². The van der Waals surface area contributed by atoms with E-state index in [0.29, 0.717) is 0 Å². The monoisotopic (exact) mass is 266 g/mol. The van der Waals surface area contributed by atoms with Crippen LogP contribution in [0.25, 0.3) is 0 Å². The van der Waals surface area contributed by atoms with Crippen molar-refractivity contribution in [2.45, 2.75) is 0 Å². The van der Waals surface area contributed by atoms with Crippen LogP contribution in [0, 0.1) is 0 Å². The molecule has 0 atom stereocenters. The zero-order valence-corrected chi connectivity index (χ0v) is 10.5. The van der Waals surface area contributed by atoms with Crippen LogP contribution in [0.5, 0.6) is 0 Å². The van der Waals surface area contributed by atoms with E-state index in [-0.39, 0.29) is 24.8 Å². The van der Waals surface area contributed by atoms with Crippen molar-refractivity contribution in [3.05, 3.63) is 29.3 Å². The van der Waals surface area contributed by atoms with E-state index >= 15 is 0 Å². The van der Waals surface area contributed by atoms with Crippen molar-refractivity contribution in [2.24, 2.45) is 0 Å². The molecule has 1 aliphatic heterocycles. The second-order valence-electron chi connectivity index (χ2n) is 3.21. The van der Waals surface area contributed by atoms with E-state index in [9.17, 15) is 0 Å². The lowest BCUT2D eigenvalue weighted by Crippen LogP contribution is -3.00. The molecule has 1 aliphatic rings. The highest BCUT2D eigenvalue weighted by Gasteiger charge is 2.09. The highest BCUT2D eigenvalue weighted by atomic mass is 35.5. The van der Waals surface area contributed by atoms with Crippen LogP contribution in [0.3, 0.4) is 0 Å². The molecule has 5 heteroatoms. The Bertz CT molecular complexity index is 271. The number of hydrogen-bond donors (Lipinski definition) is 1. The number of piperazine rings is 1.